The first-order valence-corrected chi connectivity index (χ1v) is 7.06. The number of nitriles is 1. The van der Waals surface area contributed by atoms with Crippen molar-refractivity contribution in [1.29, 1.82) is 5.26 Å². The fourth-order valence-electron chi connectivity index (χ4n) is 2.78. The number of nitrogens with zero attached hydrogens (tertiary/aromatic N) is 3. The standard InChI is InChI=1S/C16H18N4/c17-8-12-20-10-6-13(7-11-20)19-16-5-9-18-15-4-2-1-3-14(15)16/h1-5,9,13H,6-7,10-12H2,(H,18,19). The van der Waals surface area contributed by atoms with Gasteiger partial charge in [-0.25, -0.2) is 0 Å². The molecule has 4 nitrogen and oxygen atoms in total. The van der Waals surface area contributed by atoms with E-state index in [0.29, 0.717) is 12.6 Å². The Kier molecular flexibility index (Phi) is 3.80. The fraction of sp³-hybridized carbons (Fsp3) is 0.375. The normalized spacial score (nSPS) is 16.9. The minimum Gasteiger partial charge on any atom is -0.382 e. The molecule has 0 atom stereocenters. The molecule has 2 heterocycles. The lowest BCUT2D eigenvalue weighted by molar-refractivity contribution is 0.242. The van der Waals surface area contributed by atoms with E-state index in [1.807, 2.05) is 30.5 Å². The summed E-state index contributed by atoms with van der Waals surface area (Å²) in [7, 11) is 0. The van der Waals surface area contributed by atoms with Crippen LogP contribution in [-0.2, 0) is 0 Å². The third-order valence-electron chi connectivity index (χ3n) is 3.89. The van der Waals surface area contributed by atoms with Gasteiger partial charge in [0.15, 0.2) is 0 Å². The number of likely N-dealkylation sites (tertiary alicyclic amines) is 1. The average molecular weight is 266 g/mol. The van der Waals surface area contributed by atoms with E-state index < -0.39 is 0 Å². The molecule has 0 aliphatic carbocycles. The maximum absolute atomic E-state index is 8.72. The van der Waals surface area contributed by atoms with Crippen molar-refractivity contribution in [1.82, 2.24) is 9.88 Å². The van der Waals surface area contributed by atoms with Crippen LogP contribution in [0.25, 0.3) is 10.9 Å². The SMILES string of the molecule is N#CCN1CCC(Nc2ccnc3ccccc23)CC1. The molecule has 1 aliphatic heterocycles. The Balaban J connectivity index is 1.70. The molecule has 3 rings (SSSR count). The van der Waals surface area contributed by atoms with Crippen LogP contribution >= 0.6 is 0 Å². The number of pyridine rings is 1. The summed E-state index contributed by atoms with van der Waals surface area (Å²) >= 11 is 0. The van der Waals surface area contributed by atoms with Crippen LogP contribution in [-0.4, -0.2) is 35.6 Å². The predicted molar refractivity (Wildman–Crippen MR) is 80.4 cm³/mol. The van der Waals surface area contributed by atoms with Gasteiger partial charge in [-0.15, -0.1) is 0 Å². The summed E-state index contributed by atoms with van der Waals surface area (Å²) < 4.78 is 0. The summed E-state index contributed by atoms with van der Waals surface area (Å²) in [4.78, 5) is 6.60. The predicted octanol–water partition coefficient (Wildman–Crippen LogP) is 2.63. The number of nitrogens with one attached hydrogen (secondary N) is 1. The van der Waals surface area contributed by atoms with Gasteiger partial charge in [-0.05, 0) is 25.0 Å². The highest BCUT2D eigenvalue weighted by molar-refractivity contribution is 5.90. The summed E-state index contributed by atoms with van der Waals surface area (Å²) in [6.07, 6.45) is 4.02. The summed E-state index contributed by atoms with van der Waals surface area (Å²) in [5, 5.41) is 13.5. The molecular weight excluding hydrogens is 248 g/mol. The van der Waals surface area contributed by atoms with Crippen LogP contribution in [0.1, 0.15) is 12.8 Å². The Morgan fingerprint density at radius 2 is 2.05 bits per heavy atom. The van der Waals surface area contributed by atoms with Crippen molar-refractivity contribution in [2.75, 3.05) is 25.0 Å². The topological polar surface area (TPSA) is 52.0 Å². The third kappa shape index (κ3) is 2.73. The van der Waals surface area contributed by atoms with Crippen molar-refractivity contribution < 1.29 is 0 Å². The zero-order chi connectivity index (χ0) is 13.8. The molecule has 1 aliphatic rings. The molecule has 0 spiro atoms. The van der Waals surface area contributed by atoms with Gasteiger partial charge in [0.2, 0.25) is 0 Å². The molecule has 0 radical (unpaired) electrons. The van der Waals surface area contributed by atoms with Crippen molar-refractivity contribution in [2.24, 2.45) is 0 Å². The smallest absolute Gasteiger partial charge is 0.0866 e. The van der Waals surface area contributed by atoms with E-state index in [0.717, 1.165) is 37.1 Å². The van der Waals surface area contributed by atoms with Gasteiger partial charge in [0.25, 0.3) is 0 Å². The monoisotopic (exact) mass is 266 g/mol. The Morgan fingerprint density at radius 3 is 2.85 bits per heavy atom. The molecular formula is C16H18N4. The molecule has 0 unspecified atom stereocenters. The van der Waals surface area contributed by atoms with E-state index in [2.05, 4.69) is 27.3 Å². The van der Waals surface area contributed by atoms with Crippen LogP contribution in [0.3, 0.4) is 0 Å². The second kappa shape index (κ2) is 5.89. The van der Waals surface area contributed by atoms with Crippen molar-refractivity contribution in [2.45, 2.75) is 18.9 Å². The van der Waals surface area contributed by atoms with Crippen LogP contribution < -0.4 is 5.32 Å². The van der Waals surface area contributed by atoms with Crippen molar-refractivity contribution in [3.63, 3.8) is 0 Å². The maximum atomic E-state index is 8.72. The number of fused-ring (bicyclic) bond motifs is 1. The van der Waals surface area contributed by atoms with Gasteiger partial charge in [-0.2, -0.15) is 5.26 Å². The molecule has 2 aromatic rings. The largest absolute Gasteiger partial charge is 0.382 e. The molecule has 1 aromatic carbocycles. The molecule has 1 N–H and O–H groups in total. The van der Waals surface area contributed by atoms with Crippen molar-refractivity contribution >= 4 is 16.6 Å². The first kappa shape index (κ1) is 12.9. The summed E-state index contributed by atoms with van der Waals surface area (Å²) in [6.45, 7) is 2.54. The lowest BCUT2D eigenvalue weighted by Crippen LogP contribution is -2.39. The van der Waals surface area contributed by atoms with Gasteiger partial charge in [0.1, 0.15) is 0 Å². The Bertz CT molecular complexity index is 618. The van der Waals surface area contributed by atoms with E-state index in [-0.39, 0.29) is 0 Å². The number of hydrogen-bond donors (Lipinski definition) is 1. The first-order chi connectivity index (χ1) is 9.86. The van der Waals surface area contributed by atoms with Gasteiger partial charge in [-0.3, -0.25) is 9.88 Å². The highest BCUT2D eigenvalue weighted by atomic mass is 15.1. The minimum atomic E-state index is 0.482. The zero-order valence-electron chi connectivity index (χ0n) is 11.4. The van der Waals surface area contributed by atoms with Gasteiger partial charge in [0.05, 0.1) is 18.1 Å². The number of anilines is 1. The van der Waals surface area contributed by atoms with E-state index in [1.54, 1.807) is 0 Å². The number of hydrogen-bond acceptors (Lipinski definition) is 4. The zero-order valence-corrected chi connectivity index (χ0v) is 11.4. The Labute approximate surface area is 119 Å². The molecule has 4 heteroatoms. The van der Waals surface area contributed by atoms with Gasteiger partial charge in [0, 0.05) is 36.4 Å². The van der Waals surface area contributed by atoms with E-state index >= 15 is 0 Å². The van der Waals surface area contributed by atoms with Crippen molar-refractivity contribution in [3.05, 3.63) is 36.5 Å². The van der Waals surface area contributed by atoms with Crippen LogP contribution in [0.5, 0.6) is 0 Å². The lowest BCUT2D eigenvalue weighted by atomic mass is 10.0. The molecule has 1 saturated heterocycles. The molecule has 0 bridgehead atoms. The number of para-hydroxylation sites is 1. The number of piperidine rings is 1. The average Bonchev–Trinajstić information content (AvgIpc) is 2.50. The lowest BCUT2D eigenvalue weighted by Gasteiger charge is -2.31. The van der Waals surface area contributed by atoms with E-state index in [1.165, 1.54) is 5.39 Å². The molecule has 0 amide bonds. The number of rotatable bonds is 3. The first-order valence-electron chi connectivity index (χ1n) is 7.06. The Morgan fingerprint density at radius 1 is 1.25 bits per heavy atom. The molecule has 20 heavy (non-hydrogen) atoms. The minimum absolute atomic E-state index is 0.482. The van der Waals surface area contributed by atoms with Crippen LogP contribution in [0.15, 0.2) is 36.5 Å². The highest BCUT2D eigenvalue weighted by Crippen LogP contribution is 2.23. The number of benzene rings is 1. The van der Waals surface area contributed by atoms with Crippen molar-refractivity contribution in [3.8, 4) is 6.07 Å². The van der Waals surface area contributed by atoms with Gasteiger partial charge in [-0.1, -0.05) is 18.2 Å². The molecule has 102 valence electrons. The molecule has 1 fully saturated rings. The van der Waals surface area contributed by atoms with Crippen LogP contribution in [0.2, 0.25) is 0 Å². The fourth-order valence-corrected chi connectivity index (χ4v) is 2.78. The summed E-state index contributed by atoms with van der Waals surface area (Å²) in [5.74, 6) is 0. The van der Waals surface area contributed by atoms with Gasteiger partial charge < -0.3 is 5.32 Å². The summed E-state index contributed by atoms with van der Waals surface area (Å²) in [5.41, 5.74) is 2.19. The van der Waals surface area contributed by atoms with Crippen LogP contribution in [0.4, 0.5) is 5.69 Å². The number of aromatic nitrogens is 1. The summed E-state index contributed by atoms with van der Waals surface area (Å²) in [6, 6.07) is 13.0. The molecule has 0 saturated carbocycles. The second-order valence-electron chi connectivity index (χ2n) is 5.23. The second-order valence-corrected chi connectivity index (χ2v) is 5.23. The van der Waals surface area contributed by atoms with E-state index in [9.17, 15) is 0 Å². The van der Waals surface area contributed by atoms with Crippen LogP contribution in [0, 0.1) is 11.3 Å². The Hall–Kier alpha value is -2.12. The maximum Gasteiger partial charge on any atom is 0.0866 e. The van der Waals surface area contributed by atoms with E-state index in [4.69, 9.17) is 5.26 Å². The van der Waals surface area contributed by atoms with Gasteiger partial charge >= 0.3 is 0 Å². The quantitative estimate of drug-likeness (QED) is 0.868. The highest BCUT2D eigenvalue weighted by Gasteiger charge is 2.19. The molecule has 1 aromatic heterocycles. The third-order valence-corrected chi connectivity index (χ3v) is 3.89.